The van der Waals surface area contributed by atoms with Crippen molar-refractivity contribution in [2.24, 2.45) is 10.1 Å². The van der Waals surface area contributed by atoms with E-state index in [4.69, 9.17) is 9.47 Å². The Labute approximate surface area is 151 Å². The Morgan fingerprint density at radius 1 is 1.19 bits per heavy atom. The molecule has 0 atom stereocenters. The van der Waals surface area contributed by atoms with Crippen molar-refractivity contribution in [3.05, 3.63) is 65.9 Å². The summed E-state index contributed by atoms with van der Waals surface area (Å²) in [5.41, 5.74) is 5.91. The molecule has 0 saturated carbocycles. The van der Waals surface area contributed by atoms with E-state index in [-0.39, 0.29) is 0 Å². The van der Waals surface area contributed by atoms with Gasteiger partial charge in [0.2, 0.25) is 0 Å². The maximum atomic E-state index is 6.05. The van der Waals surface area contributed by atoms with E-state index >= 15 is 0 Å². The zero-order valence-corrected chi connectivity index (χ0v) is 14.3. The minimum absolute atomic E-state index is 0.466. The van der Waals surface area contributed by atoms with E-state index in [1.807, 2.05) is 42.6 Å². The minimum Gasteiger partial charge on any atom is -0.488 e. The first-order valence-electron chi connectivity index (χ1n) is 8.63. The lowest BCUT2D eigenvalue weighted by Gasteiger charge is -2.11. The quantitative estimate of drug-likeness (QED) is 0.548. The van der Waals surface area contributed by atoms with Crippen molar-refractivity contribution in [3.63, 3.8) is 0 Å². The molecule has 0 aliphatic carbocycles. The molecule has 1 aliphatic heterocycles. The third-order valence-corrected chi connectivity index (χ3v) is 4.10. The van der Waals surface area contributed by atoms with Crippen LogP contribution >= 0.6 is 0 Å². The van der Waals surface area contributed by atoms with Gasteiger partial charge in [0.1, 0.15) is 12.4 Å². The van der Waals surface area contributed by atoms with Gasteiger partial charge in [-0.25, -0.2) is 10.4 Å². The van der Waals surface area contributed by atoms with Gasteiger partial charge in [0.15, 0.2) is 0 Å². The molecule has 6 nitrogen and oxygen atoms in total. The van der Waals surface area contributed by atoms with Crippen LogP contribution < -0.4 is 10.2 Å². The van der Waals surface area contributed by atoms with E-state index in [1.165, 1.54) is 0 Å². The number of H-pyrrole nitrogens is 1. The number of hydrazone groups is 1. The molecule has 1 aromatic heterocycles. The molecule has 3 aromatic rings. The summed E-state index contributed by atoms with van der Waals surface area (Å²) in [7, 11) is 0. The van der Waals surface area contributed by atoms with Crippen LogP contribution in [-0.2, 0) is 11.3 Å². The van der Waals surface area contributed by atoms with Crippen molar-refractivity contribution >= 4 is 23.1 Å². The van der Waals surface area contributed by atoms with Gasteiger partial charge in [-0.15, -0.1) is 0 Å². The van der Waals surface area contributed by atoms with Gasteiger partial charge in [0.25, 0.3) is 0 Å². The fourth-order valence-electron chi connectivity index (χ4n) is 2.82. The number of ether oxygens (including phenoxy) is 2. The summed E-state index contributed by atoms with van der Waals surface area (Å²) in [6.45, 7) is 1.96. The maximum absolute atomic E-state index is 6.05. The van der Waals surface area contributed by atoms with Gasteiger partial charge in [-0.05, 0) is 17.7 Å². The van der Waals surface area contributed by atoms with Gasteiger partial charge in [0.05, 0.1) is 18.2 Å². The number of benzene rings is 2. The normalized spacial score (nSPS) is 14.2. The number of aliphatic imine (C=N–C) groups is 1. The third-order valence-electron chi connectivity index (χ3n) is 4.10. The van der Waals surface area contributed by atoms with Gasteiger partial charge in [-0.2, -0.15) is 5.10 Å². The Hall–Kier alpha value is -3.28. The SMILES string of the molecule is C(=N\NC1=NCCCO1)/c1c[nH]c2cccc(OCc3ccccc3)c12. The van der Waals surface area contributed by atoms with Gasteiger partial charge < -0.3 is 14.5 Å². The van der Waals surface area contributed by atoms with E-state index in [1.54, 1.807) is 6.21 Å². The molecule has 1 aliphatic rings. The molecule has 2 aromatic carbocycles. The second-order valence-electron chi connectivity index (χ2n) is 5.96. The summed E-state index contributed by atoms with van der Waals surface area (Å²) < 4.78 is 11.4. The predicted molar refractivity (Wildman–Crippen MR) is 103 cm³/mol. The molecule has 26 heavy (non-hydrogen) atoms. The molecule has 0 unspecified atom stereocenters. The molecule has 0 radical (unpaired) electrons. The van der Waals surface area contributed by atoms with Crippen LogP contribution in [0.15, 0.2) is 64.8 Å². The fraction of sp³-hybridized carbons (Fsp3) is 0.200. The first kappa shape index (κ1) is 16.2. The standard InChI is InChI=1S/C20H20N4O2/c1-2-6-15(7-3-1)14-26-18-9-4-8-17-19(18)16(12-22-17)13-23-24-20-21-10-5-11-25-20/h1-4,6-9,12-13,22H,5,10-11,14H2,(H,21,24)/b23-13+. The Kier molecular flexibility index (Phi) is 4.82. The minimum atomic E-state index is 0.466. The van der Waals surface area contributed by atoms with Crippen molar-refractivity contribution in [2.45, 2.75) is 13.0 Å². The van der Waals surface area contributed by atoms with Gasteiger partial charge in [-0.1, -0.05) is 36.4 Å². The Bertz CT molecular complexity index is 931. The molecule has 2 N–H and O–H groups in total. The maximum Gasteiger partial charge on any atom is 0.305 e. The lowest BCUT2D eigenvalue weighted by molar-refractivity contribution is 0.268. The van der Waals surface area contributed by atoms with E-state index in [2.05, 4.69) is 32.6 Å². The van der Waals surface area contributed by atoms with E-state index in [9.17, 15) is 0 Å². The lowest BCUT2D eigenvalue weighted by atomic mass is 10.1. The van der Waals surface area contributed by atoms with Crippen molar-refractivity contribution < 1.29 is 9.47 Å². The number of nitrogens with zero attached hydrogens (tertiary/aromatic N) is 2. The third kappa shape index (κ3) is 3.69. The average molecular weight is 348 g/mol. The molecule has 0 bridgehead atoms. The van der Waals surface area contributed by atoms with Crippen LogP contribution in [0.1, 0.15) is 17.5 Å². The Morgan fingerprint density at radius 3 is 2.96 bits per heavy atom. The highest BCUT2D eigenvalue weighted by atomic mass is 16.5. The van der Waals surface area contributed by atoms with Crippen LogP contribution in [0.2, 0.25) is 0 Å². The number of aromatic nitrogens is 1. The number of fused-ring (bicyclic) bond motifs is 1. The van der Waals surface area contributed by atoms with Crippen LogP contribution in [0.5, 0.6) is 5.75 Å². The molecule has 4 rings (SSSR count). The van der Waals surface area contributed by atoms with Crippen LogP contribution in [0.3, 0.4) is 0 Å². The molecule has 0 saturated heterocycles. The van der Waals surface area contributed by atoms with E-state index < -0.39 is 0 Å². The van der Waals surface area contributed by atoms with Crippen molar-refractivity contribution in [3.8, 4) is 5.75 Å². The topological polar surface area (TPSA) is 71.0 Å². The second kappa shape index (κ2) is 7.74. The van der Waals surface area contributed by atoms with E-state index in [0.29, 0.717) is 19.2 Å². The summed E-state index contributed by atoms with van der Waals surface area (Å²) in [6.07, 6.45) is 4.60. The first-order chi connectivity index (χ1) is 12.9. The highest BCUT2D eigenvalue weighted by Crippen LogP contribution is 2.28. The monoisotopic (exact) mass is 348 g/mol. The number of hydrogen-bond acceptors (Lipinski definition) is 5. The molecule has 0 fully saturated rings. The van der Waals surface area contributed by atoms with Crippen molar-refractivity contribution in [1.29, 1.82) is 0 Å². The second-order valence-corrected chi connectivity index (χ2v) is 5.96. The van der Waals surface area contributed by atoms with Crippen molar-refractivity contribution in [1.82, 2.24) is 10.4 Å². The molecule has 132 valence electrons. The number of nitrogens with one attached hydrogen (secondary N) is 2. The largest absolute Gasteiger partial charge is 0.488 e. The summed E-state index contributed by atoms with van der Waals surface area (Å²) in [5, 5.41) is 5.24. The molecule has 0 amide bonds. The lowest BCUT2D eigenvalue weighted by Crippen LogP contribution is -2.25. The summed E-state index contributed by atoms with van der Waals surface area (Å²) in [6, 6.07) is 16.5. The number of amidine groups is 1. The van der Waals surface area contributed by atoms with E-state index in [0.717, 1.165) is 40.7 Å². The van der Waals surface area contributed by atoms with Crippen LogP contribution in [0.25, 0.3) is 10.9 Å². The van der Waals surface area contributed by atoms with Crippen LogP contribution in [0, 0.1) is 0 Å². The van der Waals surface area contributed by atoms with Gasteiger partial charge >= 0.3 is 6.02 Å². The molecule has 0 spiro atoms. The molecule has 2 heterocycles. The van der Waals surface area contributed by atoms with Crippen LogP contribution in [-0.4, -0.2) is 30.4 Å². The first-order valence-corrected chi connectivity index (χ1v) is 8.63. The fourth-order valence-corrected chi connectivity index (χ4v) is 2.82. The van der Waals surface area contributed by atoms with Crippen LogP contribution in [0.4, 0.5) is 0 Å². The number of aromatic amines is 1. The highest BCUT2D eigenvalue weighted by Gasteiger charge is 2.09. The highest BCUT2D eigenvalue weighted by molar-refractivity contribution is 6.02. The van der Waals surface area contributed by atoms with Gasteiger partial charge in [0, 0.05) is 30.2 Å². The molecular weight excluding hydrogens is 328 g/mol. The predicted octanol–water partition coefficient (Wildman–Crippen LogP) is 3.45. The zero-order chi connectivity index (χ0) is 17.6. The van der Waals surface area contributed by atoms with Crippen molar-refractivity contribution in [2.75, 3.05) is 13.2 Å². The summed E-state index contributed by atoms with van der Waals surface area (Å²) in [5.74, 6) is 0.820. The number of hydrogen-bond donors (Lipinski definition) is 2. The molecular formula is C20H20N4O2. The Balaban J connectivity index is 1.53. The summed E-state index contributed by atoms with van der Waals surface area (Å²) >= 11 is 0. The Morgan fingerprint density at radius 2 is 2.12 bits per heavy atom. The van der Waals surface area contributed by atoms with Gasteiger partial charge in [-0.3, -0.25) is 0 Å². The summed E-state index contributed by atoms with van der Waals surface area (Å²) in [4.78, 5) is 7.48. The molecule has 6 heteroatoms. The number of rotatable bonds is 5. The smallest absolute Gasteiger partial charge is 0.305 e. The zero-order valence-electron chi connectivity index (χ0n) is 14.3. The average Bonchev–Trinajstić information content (AvgIpc) is 3.12.